The lowest BCUT2D eigenvalue weighted by Gasteiger charge is -2.38. The quantitative estimate of drug-likeness (QED) is 0.739. The van der Waals surface area contributed by atoms with E-state index >= 15 is 0 Å². The number of ketones is 1. The second kappa shape index (κ2) is 4.89. The molecular formula is C11H21NO2. The predicted octanol–water partition coefficient (Wildman–Crippen LogP) is 1.06. The van der Waals surface area contributed by atoms with Crippen molar-refractivity contribution in [2.24, 2.45) is 5.92 Å². The monoisotopic (exact) mass is 199 g/mol. The Labute approximate surface area is 86.1 Å². The number of aliphatic hydroxyl groups excluding tert-OH is 1. The Hall–Kier alpha value is -0.410. The minimum atomic E-state index is 0.147. The smallest absolute Gasteiger partial charge is 0.134 e. The predicted molar refractivity (Wildman–Crippen MR) is 56.1 cm³/mol. The molecule has 3 nitrogen and oxygen atoms in total. The SMILES string of the molecule is CC1CCC(=O)CC1N(C)C(C)CO. The van der Waals surface area contributed by atoms with Crippen molar-refractivity contribution in [2.45, 2.75) is 45.2 Å². The summed E-state index contributed by atoms with van der Waals surface area (Å²) in [6.45, 7) is 4.34. The summed E-state index contributed by atoms with van der Waals surface area (Å²) in [4.78, 5) is 13.5. The number of rotatable bonds is 3. The van der Waals surface area contributed by atoms with Crippen molar-refractivity contribution < 1.29 is 9.90 Å². The normalized spacial score (nSPS) is 30.8. The Kier molecular flexibility index (Phi) is 4.08. The van der Waals surface area contributed by atoms with E-state index in [1.54, 1.807) is 0 Å². The topological polar surface area (TPSA) is 40.5 Å². The highest BCUT2D eigenvalue weighted by Crippen LogP contribution is 2.26. The first-order valence-electron chi connectivity index (χ1n) is 5.40. The number of Topliss-reactive ketones (excluding diaryl/α,β-unsaturated/α-hetero) is 1. The molecule has 0 bridgehead atoms. The Bertz CT molecular complexity index is 205. The number of carbonyl (C=O) groups is 1. The van der Waals surface area contributed by atoms with Crippen LogP contribution in [-0.4, -0.2) is 41.5 Å². The van der Waals surface area contributed by atoms with E-state index in [1.807, 2.05) is 14.0 Å². The van der Waals surface area contributed by atoms with Crippen molar-refractivity contribution in [1.29, 1.82) is 0 Å². The summed E-state index contributed by atoms with van der Waals surface area (Å²) >= 11 is 0. The van der Waals surface area contributed by atoms with E-state index in [9.17, 15) is 4.79 Å². The summed E-state index contributed by atoms with van der Waals surface area (Å²) in [7, 11) is 2.00. The number of aliphatic hydroxyl groups is 1. The van der Waals surface area contributed by atoms with Crippen LogP contribution in [0.3, 0.4) is 0 Å². The van der Waals surface area contributed by atoms with Crippen LogP contribution in [0.15, 0.2) is 0 Å². The molecule has 1 saturated carbocycles. The standard InChI is InChI=1S/C11H21NO2/c1-8-4-5-10(14)6-11(8)12(3)9(2)7-13/h8-9,11,13H,4-7H2,1-3H3. The largest absolute Gasteiger partial charge is 0.395 e. The van der Waals surface area contributed by atoms with Gasteiger partial charge in [0.25, 0.3) is 0 Å². The highest BCUT2D eigenvalue weighted by atomic mass is 16.3. The van der Waals surface area contributed by atoms with Gasteiger partial charge in [-0.15, -0.1) is 0 Å². The molecule has 82 valence electrons. The number of nitrogens with zero attached hydrogens (tertiary/aromatic N) is 1. The van der Waals surface area contributed by atoms with E-state index < -0.39 is 0 Å². The summed E-state index contributed by atoms with van der Waals surface area (Å²) in [5, 5.41) is 9.06. The van der Waals surface area contributed by atoms with E-state index in [4.69, 9.17) is 5.11 Å². The lowest BCUT2D eigenvalue weighted by molar-refractivity contribution is -0.123. The molecule has 0 aromatic rings. The van der Waals surface area contributed by atoms with E-state index in [2.05, 4.69) is 11.8 Å². The van der Waals surface area contributed by atoms with Crippen LogP contribution in [0.1, 0.15) is 33.1 Å². The number of hydrogen-bond acceptors (Lipinski definition) is 3. The molecule has 3 unspecified atom stereocenters. The summed E-state index contributed by atoms with van der Waals surface area (Å²) in [6.07, 6.45) is 2.38. The summed E-state index contributed by atoms with van der Waals surface area (Å²) in [5.41, 5.74) is 0. The number of carbonyl (C=O) groups excluding carboxylic acids is 1. The molecule has 3 atom stereocenters. The van der Waals surface area contributed by atoms with Crippen LogP contribution in [0.5, 0.6) is 0 Å². The molecule has 1 N–H and O–H groups in total. The summed E-state index contributed by atoms with van der Waals surface area (Å²) in [6, 6.07) is 0.465. The molecule has 1 aliphatic carbocycles. The van der Waals surface area contributed by atoms with Crippen molar-refractivity contribution in [2.75, 3.05) is 13.7 Å². The van der Waals surface area contributed by atoms with Crippen LogP contribution < -0.4 is 0 Å². The molecule has 0 aromatic carbocycles. The number of hydrogen-bond donors (Lipinski definition) is 1. The van der Waals surface area contributed by atoms with Gasteiger partial charge in [-0.1, -0.05) is 6.92 Å². The van der Waals surface area contributed by atoms with Crippen molar-refractivity contribution in [3.63, 3.8) is 0 Å². The zero-order chi connectivity index (χ0) is 10.7. The second-order valence-corrected chi connectivity index (χ2v) is 4.52. The van der Waals surface area contributed by atoms with Crippen LogP contribution in [0, 0.1) is 5.92 Å². The maximum atomic E-state index is 11.3. The van der Waals surface area contributed by atoms with Gasteiger partial charge in [0.15, 0.2) is 0 Å². The molecule has 1 fully saturated rings. The van der Waals surface area contributed by atoms with Gasteiger partial charge in [-0.2, -0.15) is 0 Å². The Morgan fingerprint density at radius 3 is 2.86 bits per heavy atom. The van der Waals surface area contributed by atoms with Crippen LogP contribution in [0.2, 0.25) is 0 Å². The van der Waals surface area contributed by atoms with Crippen LogP contribution in [-0.2, 0) is 4.79 Å². The van der Waals surface area contributed by atoms with Crippen LogP contribution in [0.4, 0.5) is 0 Å². The van der Waals surface area contributed by atoms with Crippen molar-refractivity contribution in [1.82, 2.24) is 4.90 Å². The third kappa shape index (κ3) is 2.55. The van der Waals surface area contributed by atoms with E-state index in [0.29, 0.717) is 24.2 Å². The summed E-state index contributed by atoms with van der Waals surface area (Å²) < 4.78 is 0. The fourth-order valence-electron chi connectivity index (χ4n) is 2.12. The van der Waals surface area contributed by atoms with Gasteiger partial charge < -0.3 is 5.11 Å². The summed E-state index contributed by atoms with van der Waals surface area (Å²) in [5.74, 6) is 0.928. The molecule has 1 rings (SSSR count). The fraction of sp³-hybridized carbons (Fsp3) is 0.909. The van der Waals surface area contributed by atoms with Gasteiger partial charge in [0, 0.05) is 24.9 Å². The maximum absolute atomic E-state index is 11.3. The van der Waals surface area contributed by atoms with Crippen LogP contribution in [0.25, 0.3) is 0 Å². The van der Waals surface area contributed by atoms with Crippen molar-refractivity contribution in [3.8, 4) is 0 Å². The molecular weight excluding hydrogens is 178 g/mol. The first kappa shape index (κ1) is 11.7. The zero-order valence-corrected chi connectivity index (χ0v) is 9.36. The van der Waals surface area contributed by atoms with Gasteiger partial charge in [0.1, 0.15) is 5.78 Å². The van der Waals surface area contributed by atoms with Gasteiger partial charge in [-0.3, -0.25) is 9.69 Å². The molecule has 0 aromatic heterocycles. The van der Waals surface area contributed by atoms with Gasteiger partial charge in [0.2, 0.25) is 0 Å². The van der Waals surface area contributed by atoms with Crippen LogP contribution >= 0.6 is 0 Å². The Balaban J connectivity index is 2.59. The first-order valence-corrected chi connectivity index (χ1v) is 5.40. The minimum Gasteiger partial charge on any atom is -0.395 e. The average Bonchev–Trinajstić information content (AvgIpc) is 2.19. The molecule has 0 aliphatic heterocycles. The lowest BCUT2D eigenvalue weighted by Crippen LogP contribution is -2.46. The van der Waals surface area contributed by atoms with Gasteiger partial charge in [-0.25, -0.2) is 0 Å². The average molecular weight is 199 g/mol. The Morgan fingerprint density at radius 1 is 1.64 bits per heavy atom. The van der Waals surface area contributed by atoms with Crippen molar-refractivity contribution >= 4 is 5.78 Å². The maximum Gasteiger partial charge on any atom is 0.134 e. The van der Waals surface area contributed by atoms with Gasteiger partial charge >= 0.3 is 0 Å². The minimum absolute atomic E-state index is 0.147. The molecule has 0 spiro atoms. The van der Waals surface area contributed by atoms with Crippen molar-refractivity contribution in [3.05, 3.63) is 0 Å². The third-order valence-electron chi connectivity index (χ3n) is 3.45. The van der Waals surface area contributed by atoms with E-state index in [1.165, 1.54) is 0 Å². The second-order valence-electron chi connectivity index (χ2n) is 4.52. The van der Waals surface area contributed by atoms with E-state index in [0.717, 1.165) is 12.8 Å². The Morgan fingerprint density at radius 2 is 2.29 bits per heavy atom. The number of likely N-dealkylation sites (N-methyl/N-ethyl adjacent to an activating group) is 1. The first-order chi connectivity index (χ1) is 6.56. The molecule has 0 saturated heterocycles. The fourth-order valence-corrected chi connectivity index (χ4v) is 2.12. The molecule has 3 heteroatoms. The highest BCUT2D eigenvalue weighted by Gasteiger charge is 2.30. The molecule has 0 heterocycles. The molecule has 14 heavy (non-hydrogen) atoms. The zero-order valence-electron chi connectivity index (χ0n) is 9.36. The van der Waals surface area contributed by atoms with E-state index in [-0.39, 0.29) is 12.6 Å². The molecule has 0 amide bonds. The highest BCUT2D eigenvalue weighted by molar-refractivity contribution is 5.79. The lowest BCUT2D eigenvalue weighted by atomic mass is 9.84. The molecule has 0 radical (unpaired) electrons. The third-order valence-corrected chi connectivity index (χ3v) is 3.45. The van der Waals surface area contributed by atoms with Gasteiger partial charge in [0.05, 0.1) is 6.61 Å². The molecule has 1 aliphatic rings. The van der Waals surface area contributed by atoms with Gasteiger partial charge in [-0.05, 0) is 26.3 Å².